The summed E-state index contributed by atoms with van der Waals surface area (Å²) >= 11 is 0.708. The normalized spacial score (nSPS) is 14.6. The fourth-order valence-corrected chi connectivity index (χ4v) is 2.86. The van der Waals surface area contributed by atoms with Crippen LogP contribution in [-0.2, 0) is 0 Å². The lowest BCUT2D eigenvalue weighted by atomic mass is 10.2. The zero-order chi connectivity index (χ0) is 15.9. The molecule has 1 N–H and O–H groups in total. The standard InChI is InChI=1S/C15H19N3O3S/c1-2-16-14(20)17-8-10-18(11-9-17)15(21)22-13(19)12-6-4-3-5-7-12/h3-7H,2,8-11H2,1H3,(H,16,20). The SMILES string of the molecule is CCNC(=O)N1CCN(C(=O)SC(=O)c2ccccc2)CC1. The molecule has 2 rings (SSSR count). The van der Waals surface area contributed by atoms with E-state index in [1.807, 2.05) is 13.0 Å². The maximum absolute atomic E-state index is 12.1. The second-order valence-electron chi connectivity index (χ2n) is 4.83. The first-order valence-electron chi connectivity index (χ1n) is 7.20. The van der Waals surface area contributed by atoms with Gasteiger partial charge < -0.3 is 15.1 Å². The molecular formula is C15H19N3O3S. The average Bonchev–Trinajstić information content (AvgIpc) is 2.56. The van der Waals surface area contributed by atoms with Crippen LogP contribution >= 0.6 is 11.8 Å². The summed E-state index contributed by atoms with van der Waals surface area (Å²) in [6.45, 7) is 4.31. The number of piperazine rings is 1. The maximum atomic E-state index is 12.1. The molecule has 3 amide bonds. The number of benzene rings is 1. The van der Waals surface area contributed by atoms with E-state index in [2.05, 4.69) is 5.32 Å². The largest absolute Gasteiger partial charge is 0.338 e. The lowest BCUT2D eigenvalue weighted by Crippen LogP contribution is -2.52. The van der Waals surface area contributed by atoms with Gasteiger partial charge >= 0.3 is 6.03 Å². The molecule has 0 unspecified atom stereocenters. The van der Waals surface area contributed by atoms with E-state index < -0.39 is 0 Å². The first-order valence-corrected chi connectivity index (χ1v) is 8.02. The van der Waals surface area contributed by atoms with Crippen molar-refractivity contribution in [3.05, 3.63) is 35.9 Å². The number of amides is 3. The number of hydrogen-bond donors (Lipinski definition) is 1. The van der Waals surface area contributed by atoms with Crippen LogP contribution in [0.4, 0.5) is 9.59 Å². The van der Waals surface area contributed by atoms with E-state index in [0.717, 1.165) is 0 Å². The van der Waals surface area contributed by atoms with Crippen molar-refractivity contribution in [1.29, 1.82) is 0 Å². The smallest absolute Gasteiger partial charge is 0.317 e. The van der Waals surface area contributed by atoms with Crippen LogP contribution in [0.5, 0.6) is 0 Å². The molecule has 0 bridgehead atoms. The first kappa shape index (κ1) is 16.4. The molecular weight excluding hydrogens is 302 g/mol. The number of carbonyl (C=O) groups is 3. The third-order valence-corrected chi connectivity index (χ3v) is 4.20. The quantitative estimate of drug-likeness (QED) is 0.905. The molecule has 0 radical (unpaired) electrons. The van der Waals surface area contributed by atoms with Gasteiger partial charge in [0, 0.05) is 50.0 Å². The summed E-state index contributed by atoms with van der Waals surface area (Å²) < 4.78 is 0. The third-order valence-electron chi connectivity index (χ3n) is 3.34. The van der Waals surface area contributed by atoms with Gasteiger partial charge in [-0.25, -0.2) is 4.79 Å². The molecule has 0 aliphatic carbocycles. The lowest BCUT2D eigenvalue weighted by Gasteiger charge is -2.34. The molecule has 118 valence electrons. The van der Waals surface area contributed by atoms with Gasteiger partial charge in [-0.2, -0.15) is 0 Å². The predicted octanol–water partition coefficient (Wildman–Crippen LogP) is 2.03. The zero-order valence-corrected chi connectivity index (χ0v) is 13.3. The van der Waals surface area contributed by atoms with Crippen molar-refractivity contribution < 1.29 is 14.4 Å². The molecule has 0 saturated carbocycles. The summed E-state index contributed by atoms with van der Waals surface area (Å²) in [6.07, 6.45) is 0. The van der Waals surface area contributed by atoms with Crippen LogP contribution in [0.1, 0.15) is 17.3 Å². The third kappa shape index (κ3) is 4.24. The predicted molar refractivity (Wildman–Crippen MR) is 86.0 cm³/mol. The highest BCUT2D eigenvalue weighted by molar-refractivity contribution is 8.26. The van der Waals surface area contributed by atoms with Gasteiger partial charge in [-0.1, -0.05) is 30.3 Å². The molecule has 1 aliphatic heterocycles. The Morgan fingerprint density at radius 3 is 2.23 bits per heavy atom. The van der Waals surface area contributed by atoms with Crippen molar-refractivity contribution in [2.75, 3.05) is 32.7 Å². The van der Waals surface area contributed by atoms with E-state index in [1.54, 1.807) is 34.1 Å². The van der Waals surface area contributed by atoms with Gasteiger partial charge in [-0.15, -0.1) is 0 Å². The molecule has 1 fully saturated rings. The molecule has 1 heterocycles. The van der Waals surface area contributed by atoms with Gasteiger partial charge in [-0.3, -0.25) is 9.59 Å². The number of thioether (sulfide) groups is 1. The van der Waals surface area contributed by atoms with Crippen LogP contribution < -0.4 is 5.32 Å². The molecule has 22 heavy (non-hydrogen) atoms. The minimum atomic E-state index is -0.260. The first-order chi connectivity index (χ1) is 10.6. The van der Waals surface area contributed by atoms with Gasteiger partial charge in [0.2, 0.25) is 5.12 Å². The fourth-order valence-electron chi connectivity index (χ4n) is 2.13. The van der Waals surface area contributed by atoms with Crippen LogP contribution in [0, 0.1) is 0 Å². The fraction of sp³-hybridized carbons (Fsp3) is 0.400. The van der Waals surface area contributed by atoms with E-state index >= 15 is 0 Å². The van der Waals surface area contributed by atoms with E-state index in [-0.39, 0.29) is 16.4 Å². The van der Waals surface area contributed by atoms with E-state index in [0.29, 0.717) is 50.0 Å². The van der Waals surface area contributed by atoms with Gasteiger partial charge in [-0.05, 0) is 6.92 Å². The van der Waals surface area contributed by atoms with Gasteiger partial charge in [0.1, 0.15) is 0 Å². The summed E-state index contributed by atoms with van der Waals surface area (Å²) in [5, 5.41) is 2.22. The Morgan fingerprint density at radius 1 is 1.05 bits per heavy atom. The van der Waals surface area contributed by atoms with Crippen LogP contribution in [0.25, 0.3) is 0 Å². The molecule has 7 heteroatoms. The summed E-state index contributed by atoms with van der Waals surface area (Å²) in [4.78, 5) is 39.1. The minimum absolute atomic E-state index is 0.109. The maximum Gasteiger partial charge on any atom is 0.317 e. The molecule has 1 saturated heterocycles. The Labute approximate surface area is 133 Å². The Morgan fingerprint density at radius 2 is 1.64 bits per heavy atom. The topological polar surface area (TPSA) is 69.7 Å². The highest BCUT2D eigenvalue weighted by atomic mass is 32.2. The number of carbonyl (C=O) groups excluding carboxylic acids is 3. The Balaban J connectivity index is 1.83. The average molecular weight is 321 g/mol. The Bertz CT molecular complexity index is 542. The highest BCUT2D eigenvalue weighted by Gasteiger charge is 2.25. The van der Waals surface area contributed by atoms with E-state index in [4.69, 9.17) is 0 Å². The minimum Gasteiger partial charge on any atom is -0.338 e. The van der Waals surface area contributed by atoms with E-state index in [1.165, 1.54) is 0 Å². The summed E-state index contributed by atoms with van der Waals surface area (Å²) in [7, 11) is 0. The zero-order valence-electron chi connectivity index (χ0n) is 12.4. The number of rotatable bonds is 2. The van der Waals surface area contributed by atoms with Crippen LogP contribution in [0.3, 0.4) is 0 Å². The molecule has 6 nitrogen and oxygen atoms in total. The Kier molecular flexibility index (Phi) is 5.83. The molecule has 0 aromatic heterocycles. The summed E-state index contributed by atoms with van der Waals surface area (Å²) in [5.74, 6) is 0. The second-order valence-corrected chi connectivity index (χ2v) is 5.76. The Hall–Kier alpha value is -2.02. The van der Waals surface area contributed by atoms with Crippen molar-refractivity contribution >= 4 is 28.1 Å². The van der Waals surface area contributed by atoms with Crippen LogP contribution in [0.15, 0.2) is 30.3 Å². The highest BCUT2D eigenvalue weighted by Crippen LogP contribution is 2.17. The number of urea groups is 1. The van der Waals surface area contributed by atoms with Crippen molar-refractivity contribution in [1.82, 2.24) is 15.1 Å². The molecule has 1 aliphatic rings. The molecule has 0 spiro atoms. The summed E-state index contributed by atoms with van der Waals surface area (Å²) in [6, 6.07) is 8.63. The number of nitrogens with one attached hydrogen (secondary N) is 1. The van der Waals surface area contributed by atoms with Gasteiger partial charge in [0.05, 0.1) is 0 Å². The summed E-state index contributed by atoms with van der Waals surface area (Å²) in [5.41, 5.74) is 0.516. The van der Waals surface area contributed by atoms with Crippen molar-refractivity contribution in [2.24, 2.45) is 0 Å². The number of hydrogen-bond acceptors (Lipinski definition) is 4. The van der Waals surface area contributed by atoms with Gasteiger partial charge in [0.15, 0.2) is 0 Å². The number of nitrogens with zero attached hydrogens (tertiary/aromatic N) is 2. The van der Waals surface area contributed by atoms with Crippen LogP contribution in [-0.4, -0.2) is 58.9 Å². The molecule has 1 aromatic rings. The second kappa shape index (κ2) is 7.84. The lowest BCUT2D eigenvalue weighted by molar-refractivity contribution is 0.108. The van der Waals surface area contributed by atoms with E-state index in [9.17, 15) is 14.4 Å². The van der Waals surface area contributed by atoms with Gasteiger partial charge in [0.25, 0.3) is 5.24 Å². The van der Waals surface area contributed by atoms with Crippen molar-refractivity contribution in [2.45, 2.75) is 6.92 Å². The monoisotopic (exact) mass is 321 g/mol. The van der Waals surface area contributed by atoms with Crippen molar-refractivity contribution in [3.63, 3.8) is 0 Å². The van der Waals surface area contributed by atoms with Crippen molar-refractivity contribution in [3.8, 4) is 0 Å². The van der Waals surface area contributed by atoms with Crippen LogP contribution in [0.2, 0.25) is 0 Å². The molecule has 1 aromatic carbocycles. The molecule has 0 atom stereocenters.